The van der Waals surface area contributed by atoms with Crippen LogP contribution in [0.1, 0.15) is 30.4 Å². The predicted molar refractivity (Wildman–Crippen MR) is 75.5 cm³/mol. The number of aromatic nitrogens is 1. The van der Waals surface area contributed by atoms with Crippen LogP contribution < -0.4 is 5.32 Å². The lowest BCUT2D eigenvalue weighted by Crippen LogP contribution is -2.31. The van der Waals surface area contributed by atoms with Gasteiger partial charge in [-0.25, -0.2) is 0 Å². The van der Waals surface area contributed by atoms with Crippen molar-refractivity contribution >= 4 is 0 Å². The third kappa shape index (κ3) is 4.39. The van der Waals surface area contributed by atoms with Crippen LogP contribution in [0.5, 0.6) is 0 Å². The molecule has 0 bridgehead atoms. The molecule has 1 aliphatic heterocycles. The summed E-state index contributed by atoms with van der Waals surface area (Å²) in [4.78, 5) is 6.65. The van der Waals surface area contributed by atoms with Crippen molar-refractivity contribution in [1.29, 1.82) is 0 Å². The molecule has 0 unspecified atom stereocenters. The predicted octanol–water partition coefficient (Wildman–Crippen LogP) is 2.21. The number of pyridine rings is 1. The largest absolute Gasteiger partial charge is 0.313 e. The number of piperidine rings is 1. The summed E-state index contributed by atoms with van der Waals surface area (Å²) in [6.07, 6.45) is 7.90. The molecule has 0 aliphatic carbocycles. The first-order chi connectivity index (χ1) is 8.74. The van der Waals surface area contributed by atoms with Crippen molar-refractivity contribution in [2.24, 2.45) is 5.92 Å². The maximum Gasteiger partial charge on any atom is 0.0313 e. The minimum absolute atomic E-state index is 0.921. The molecule has 1 aromatic heterocycles. The molecule has 1 fully saturated rings. The van der Waals surface area contributed by atoms with Crippen LogP contribution in [0.25, 0.3) is 0 Å². The zero-order chi connectivity index (χ0) is 12.8. The minimum atomic E-state index is 0.921. The molecule has 100 valence electrons. The van der Waals surface area contributed by atoms with Crippen molar-refractivity contribution in [3.05, 3.63) is 29.6 Å². The molecule has 1 N–H and O–H groups in total. The van der Waals surface area contributed by atoms with E-state index < -0.39 is 0 Å². The van der Waals surface area contributed by atoms with Gasteiger partial charge in [-0.3, -0.25) is 4.98 Å². The van der Waals surface area contributed by atoms with Gasteiger partial charge in [-0.1, -0.05) is 6.07 Å². The van der Waals surface area contributed by atoms with Crippen molar-refractivity contribution in [1.82, 2.24) is 15.2 Å². The van der Waals surface area contributed by atoms with Crippen molar-refractivity contribution < 1.29 is 0 Å². The van der Waals surface area contributed by atoms with Crippen LogP contribution in [0.3, 0.4) is 0 Å². The molecule has 0 spiro atoms. The summed E-state index contributed by atoms with van der Waals surface area (Å²) < 4.78 is 0. The Hall–Kier alpha value is -0.930. The number of nitrogens with zero attached hydrogens (tertiary/aromatic N) is 2. The molecule has 1 saturated heterocycles. The Balaban J connectivity index is 1.61. The molecule has 3 nitrogen and oxygen atoms in total. The highest BCUT2D eigenvalue weighted by atomic mass is 15.1. The zero-order valence-electron chi connectivity index (χ0n) is 11.7. The lowest BCUT2D eigenvalue weighted by atomic mass is 9.94. The quantitative estimate of drug-likeness (QED) is 0.809. The Kier molecular flexibility index (Phi) is 5.14. The Bertz CT molecular complexity index is 357. The number of rotatable bonds is 5. The molecule has 0 radical (unpaired) electrons. The smallest absolute Gasteiger partial charge is 0.0313 e. The molecule has 2 rings (SSSR count). The molecule has 0 aromatic carbocycles. The number of hydrogen-bond acceptors (Lipinski definition) is 3. The van der Waals surface area contributed by atoms with Crippen molar-refractivity contribution in [3.63, 3.8) is 0 Å². The Morgan fingerprint density at radius 2 is 2.11 bits per heavy atom. The average Bonchev–Trinajstić information content (AvgIpc) is 2.37. The van der Waals surface area contributed by atoms with E-state index in [2.05, 4.69) is 35.2 Å². The molecule has 18 heavy (non-hydrogen) atoms. The van der Waals surface area contributed by atoms with Gasteiger partial charge in [0.25, 0.3) is 0 Å². The van der Waals surface area contributed by atoms with Gasteiger partial charge < -0.3 is 10.2 Å². The number of aryl methyl sites for hydroxylation is 1. The second-order valence-electron chi connectivity index (χ2n) is 5.58. The average molecular weight is 247 g/mol. The SMILES string of the molecule is Cc1cncc(CNCCC2CCN(C)CC2)c1. The van der Waals surface area contributed by atoms with Crippen molar-refractivity contribution in [2.45, 2.75) is 32.7 Å². The van der Waals surface area contributed by atoms with Crippen LogP contribution >= 0.6 is 0 Å². The fourth-order valence-electron chi connectivity index (χ4n) is 2.60. The van der Waals surface area contributed by atoms with Gasteiger partial charge in [-0.2, -0.15) is 0 Å². The molecule has 2 heterocycles. The molecule has 1 aliphatic rings. The molecular weight excluding hydrogens is 222 g/mol. The van der Waals surface area contributed by atoms with Crippen LogP contribution in [-0.4, -0.2) is 36.6 Å². The van der Waals surface area contributed by atoms with E-state index in [1.54, 1.807) is 0 Å². The molecule has 0 atom stereocenters. The Morgan fingerprint density at radius 3 is 2.83 bits per heavy atom. The van der Waals surface area contributed by atoms with Crippen LogP contribution in [0, 0.1) is 12.8 Å². The fourth-order valence-corrected chi connectivity index (χ4v) is 2.60. The van der Waals surface area contributed by atoms with Gasteiger partial charge in [0, 0.05) is 18.9 Å². The van der Waals surface area contributed by atoms with E-state index in [4.69, 9.17) is 0 Å². The summed E-state index contributed by atoms with van der Waals surface area (Å²) in [6.45, 7) is 6.71. The number of likely N-dealkylation sites (tertiary alicyclic amines) is 1. The molecular formula is C15H25N3. The molecule has 0 saturated carbocycles. The highest BCUT2D eigenvalue weighted by molar-refractivity contribution is 5.16. The van der Waals surface area contributed by atoms with E-state index in [0.29, 0.717) is 0 Å². The lowest BCUT2D eigenvalue weighted by molar-refractivity contribution is 0.211. The van der Waals surface area contributed by atoms with E-state index in [9.17, 15) is 0 Å². The zero-order valence-corrected chi connectivity index (χ0v) is 11.7. The van der Waals surface area contributed by atoms with Crippen molar-refractivity contribution in [2.75, 3.05) is 26.7 Å². The monoisotopic (exact) mass is 247 g/mol. The first-order valence-electron chi connectivity index (χ1n) is 7.04. The number of nitrogens with one attached hydrogen (secondary N) is 1. The maximum atomic E-state index is 4.22. The Labute approximate surface area is 111 Å². The van der Waals surface area contributed by atoms with Gasteiger partial charge in [0.2, 0.25) is 0 Å². The van der Waals surface area contributed by atoms with E-state index in [1.807, 2.05) is 12.4 Å². The van der Waals surface area contributed by atoms with E-state index in [-0.39, 0.29) is 0 Å². The highest BCUT2D eigenvalue weighted by Crippen LogP contribution is 2.18. The van der Waals surface area contributed by atoms with Crippen LogP contribution in [0.2, 0.25) is 0 Å². The summed E-state index contributed by atoms with van der Waals surface area (Å²) in [5, 5.41) is 3.53. The van der Waals surface area contributed by atoms with E-state index >= 15 is 0 Å². The summed E-state index contributed by atoms with van der Waals surface area (Å²) >= 11 is 0. The van der Waals surface area contributed by atoms with Gasteiger partial charge in [-0.15, -0.1) is 0 Å². The first-order valence-corrected chi connectivity index (χ1v) is 7.04. The second-order valence-corrected chi connectivity index (χ2v) is 5.58. The summed E-state index contributed by atoms with van der Waals surface area (Å²) in [6, 6.07) is 2.20. The van der Waals surface area contributed by atoms with E-state index in [1.165, 1.54) is 43.5 Å². The molecule has 1 aromatic rings. The van der Waals surface area contributed by atoms with Crippen LogP contribution in [-0.2, 0) is 6.54 Å². The fraction of sp³-hybridized carbons (Fsp3) is 0.667. The van der Waals surface area contributed by atoms with Crippen molar-refractivity contribution in [3.8, 4) is 0 Å². The van der Waals surface area contributed by atoms with Gasteiger partial charge in [-0.05, 0) is 69.9 Å². The van der Waals surface area contributed by atoms with Crippen LogP contribution in [0.15, 0.2) is 18.5 Å². The molecule has 0 amide bonds. The van der Waals surface area contributed by atoms with E-state index in [0.717, 1.165) is 19.0 Å². The highest BCUT2D eigenvalue weighted by Gasteiger charge is 2.15. The summed E-state index contributed by atoms with van der Waals surface area (Å²) in [5.41, 5.74) is 2.53. The van der Waals surface area contributed by atoms with Gasteiger partial charge in [0.05, 0.1) is 0 Å². The van der Waals surface area contributed by atoms with Gasteiger partial charge >= 0.3 is 0 Å². The minimum Gasteiger partial charge on any atom is -0.313 e. The summed E-state index contributed by atoms with van der Waals surface area (Å²) in [5.74, 6) is 0.921. The lowest BCUT2D eigenvalue weighted by Gasteiger charge is -2.28. The Morgan fingerprint density at radius 1 is 1.33 bits per heavy atom. The second kappa shape index (κ2) is 6.86. The third-order valence-electron chi connectivity index (χ3n) is 3.83. The standard InChI is InChI=1S/C15H25N3/c1-13-9-15(12-17-10-13)11-16-6-3-14-4-7-18(2)8-5-14/h9-10,12,14,16H,3-8,11H2,1-2H3. The maximum absolute atomic E-state index is 4.22. The molecule has 3 heteroatoms. The topological polar surface area (TPSA) is 28.2 Å². The number of hydrogen-bond donors (Lipinski definition) is 1. The third-order valence-corrected chi connectivity index (χ3v) is 3.83. The van der Waals surface area contributed by atoms with Gasteiger partial charge in [0.1, 0.15) is 0 Å². The van der Waals surface area contributed by atoms with Crippen LogP contribution in [0.4, 0.5) is 0 Å². The normalized spacial score (nSPS) is 18.1. The van der Waals surface area contributed by atoms with Gasteiger partial charge in [0.15, 0.2) is 0 Å². The first kappa shape index (κ1) is 13.5. The summed E-state index contributed by atoms with van der Waals surface area (Å²) in [7, 11) is 2.22.